The molecular formula is C15H15BrFNO3S. The van der Waals surface area contributed by atoms with Crippen molar-refractivity contribution >= 4 is 26.0 Å². The first kappa shape index (κ1) is 16.9. The van der Waals surface area contributed by atoms with E-state index in [1.165, 1.54) is 24.5 Å². The Morgan fingerprint density at radius 2 is 1.91 bits per heavy atom. The normalized spacial score (nSPS) is 11.7. The molecular weight excluding hydrogens is 373 g/mol. The molecule has 0 fully saturated rings. The van der Waals surface area contributed by atoms with Crippen LogP contribution in [0, 0.1) is 5.82 Å². The van der Waals surface area contributed by atoms with Crippen LogP contribution in [-0.4, -0.2) is 26.9 Å². The second-order valence-electron chi connectivity index (χ2n) is 4.65. The van der Waals surface area contributed by atoms with Gasteiger partial charge in [0.2, 0.25) is 10.0 Å². The zero-order valence-corrected chi connectivity index (χ0v) is 14.5. The summed E-state index contributed by atoms with van der Waals surface area (Å²) >= 11 is 3.09. The van der Waals surface area contributed by atoms with Crippen LogP contribution in [0.5, 0.6) is 5.75 Å². The van der Waals surface area contributed by atoms with Crippen LogP contribution in [0.1, 0.15) is 5.56 Å². The molecule has 0 bridgehead atoms. The van der Waals surface area contributed by atoms with Crippen LogP contribution in [-0.2, 0) is 16.6 Å². The van der Waals surface area contributed by atoms with Crippen molar-refractivity contribution in [1.82, 2.24) is 4.31 Å². The van der Waals surface area contributed by atoms with Gasteiger partial charge in [-0.05, 0) is 40.2 Å². The number of hydrogen-bond donors (Lipinski definition) is 0. The van der Waals surface area contributed by atoms with Crippen molar-refractivity contribution in [2.75, 3.05) is 14.2 Å². The Bertz CT molecular complexity index is 780. The molecule has 0 aliphatic rings. The van der Waals surface area contributed by atoms with Gasteiger partial charge in [-0.2, -0.15) is 4.31 Å². The zero-order valence-electron chi connectivity index (χ0n) is 12.1. The SMILES string of the molecule is COc1ccccc1CN(C)S(=O)(=O)c1ccc(F)cc1Br. The summed E-state index contributed by atoms with van der Waals surface area (Å²) in [6.07, 6.45) is 0. The quantitative estimate of drug-likeness (QED) is 0.789. The lowest BCUT2D eigenvalue weighted by Crippen LogP contribution is -2.27. The lowest BCUT2D eigenvalue weighted by molar-refractivity contribution is 0.398. The summed E-state index contributed by atoms with van der Waals surface area (Å²) in [5.74, 6) is 0.112. The van der Waals surface area contributed by atoms with Crippen molar-refractivity contribution in [2.24, 2.45) is 0 Å². The Morgan fingerprint density at radius 1 is 1.23 bits per heavy atom. The minimum atomic E-state index is -3.75. The fourth-order valence-electron chi connectivity index (χ4n) is 2.01. The van der Waals surface area contributed by atoms with Gasteiger partial charge in [-0.3, -0.25) is 0 Å². The van der Waals surface area contributed by atoms with Gasteiger partial charge in [-0.1, -0.05) is 18.2 Å². The van der Waals surface area contributed by atoms with E-state index in [2.05, 4.69) is 15.9 Å². The van der Waals surface area contributed by atoms with Crippen LogP contribution in [0.3, 0.4) is 0 Å². The molecule has 118 valence electrons. The highest BCUT2D eigenvalue weighted by atomic mass is 79.9. The topological polar surface area (TPSA) is 46.6 Å². The molecule has 0 heterocycles. The van der Waals surface area contributed by atoms with Gasteiger partial charge in [0, 0.05) is 23.6 Å². The summed E-state index contributed by atoms with van der Waals surface area (Å²) in [6.45, 7) is 0.149. The number of sulfonamides is 1. The van der Waals surface area contributed by atoms with Crippen LogP contribution in [0.15, 0.2) is 51.8 Å². The Labute approximate surface area is 137 Å². The Morgan fingerprint density at radius 3 is 2.55 bits per heavy atom. The summed E-state index contributed by atoms with van der Waals surface area (Å²) in [5.41, 5.74) is 0.745. The van der Waals surface area contributed by atoms with Gasteiger partial charge in [0.05, 0.1) is 12.0 Å². The number of nitrogens with zero attached hydrogens (tertiary/aromatic N) is 1. The van der Waals surface area contributed by atoms with E-state index in [4.69, 9.17) is 4.74 Å². The van der Waals surface area contributed by atoms with E-state index >= 15 is 0 Å². The number of ether oxygens (including phenoxy) is 1. The van der Waals surface area contributed by atoms with Crippen LogP contribution in [0.25, 0.3) is 0 Å². The van der Waals surface area contributed by atoms with E-state index in [0.717, 1.165) is 17.7 Å². The van der Waals surface area contributed by atoms with Crippen molar-refractivity contribution < 1.29 is 17.5 Å². The molecule has 0 saturated carbocycles. The Hall–Kier alpha value is -1.44. The smallest absolute Gasteiger partial charge is 0.244 e. The maximum Gasteiger partial charge on any atom is 0.244 e. The molecule has 0 unspecified atom stereocenters. The third-order valence-corrected chi connectivity index (χ3v) is 5.95. The first-order valence-corrected chi connectivity index (χ1v) is 8.63. The molecule has 2 aromatic carbocycles. The van der Waals surface area contributed by atoms with Crippen LogP contribution in [0.2, 0.25) is 0 Å². The molecule has 7 heteroatoms. The molecule has 0 aliphatic heterocycles. The van der Waals surface area contributed by atoms with Gasteiger partial charge in [0.1, 0.15) is 11.6 Å². The second-order valence-corrected chi connectivity index (χ2v) is 7.52. The maximum atomic E-state index is 13.1. The molecule has 0 radical (unpaired) electrons. The molecule has 0 spiro atoms. The number of hydrogen-bond acceptors (Lipinski definition) is 3. The predicted octanol–water partition coefficient (Wildman–Crippen LogP) is 3.42. The molecule has 0 aromatic heterocycles. The lowest BCUT2D eigenvalue weighted by Gasteiger charge is -2.19. The predicted molar refractivity (Wildman–Crippen MR) is 85.7 cm³/mol. The average Bonchev–Trinajstić information content (AvgIpc) is 2.47. The highest BCUT2D eigenvalue weighted by Crippen LogP contribution is 2.27. The monoisotopic (exact) mass is 387 g/mol. The molecule has 0 amide bonds. The molecule has 4 nitrogen and oxygen atoms in total. The number of halogens is 2. The summed E-state index contributed by atoms with van der Waals surface area (Å²) in [5, 5.41) is 0. The van der Waals surface area contributed by atoms with Gasteiger partial charge in [-0.25, -0.2) is 12.8 Å². The van der Waals surface area contributed by atoms with E-state index in [-0.39, 0.29) is 15.9 Å². The largest absolute Gasteiger partial charge is 0.496 e. The Balaban J connectivity index is 2.33. The molecule has 0 N–H and O–H groups in total. The van der Waals surface area contributed by atoms with Gasteiger partial charge in [0.25, 0.3) is 0 Å². The number of para-hydroxylation sites is 1. The molecule has 0 aliphatic carbocycles. The number of methoxy groups -OCH3 is 1. The molecule has 0 saturated heterocycles. The Kier molecular flexibility index (Phi) is 5.20. The molecule has 2 rings (SSSR count). The van der Waals surface area contributed by atoms with Gasteiger partial charge in [0.15, 0.2) is 0 Å². The fraction of sp³-hybridized carbons (Fsp3) is 0.200. The minimum absolute atomic E-state index is 0.0197. The van der Waals surface area contributed by atoms with Crippen molar-refractivity contribution in [2.45, 2.75) is 11.4 Å². The average molecular weight is 388 g/mol. The second kappa shape index (κ2) is 6.76. The highest BCUT2D eigenvalue weighted by molar-refractivity contribution is 9.10. The van der Waals surface area contributed by atoms with Crippen molar-refractivity contribution in [3.8, 4) is 5.75 Å². The number of rotatable bonds is 5. The first-order valence-electron chi connectivity index (χ1n) is 6.39. The number of benzene rings is 2. The fourth-order valence-corrected chi connectivity index (χ4v) is 4.17. The minimum Gasteiger partial charge on any atom is -0.496 e. The lowest BCUT2D eigenvalue weighted by atomic mass is 10.2. The van der Waals surface area contributed by atoms with E-state index in [9.17, 15) is 12.8 Å². The summed E-state index contributed by atoms with van der Waals surface area (Å²) in [7, 11) is -0.744. The molecule has 2 aromatic rings. The van der Waals surface area contributed by atoms with Crippen molar-refractivity contribution in [1.29, 1.82) is 0 Å². The van der Waals surface area contributed by atoms with Crippen molar-refractivity contribution in [3.63, 3.8) is 0 Å². The third kappa shape index (κ3) is 3.48. The maximum absolute atomic E-state index is 13.1. The van der Waals surface area contributed by atoms with E-state index < -0.39 is 15.8 Å². The third-order valence-electron chi connectivity index (χ3n) is 3.17. The standard InChI is InChI=1S/C15H15BrFNO3S/c1-18(10-11-5-3-4-6-14(11)21-2)22(19,20)15-8-7-12(17)9-13(15)16/h3-9H,10H2,1-2H3. The first-order chi connectivity index (χ1) is 10.4. The van der Waals surface area contributed by atoms with Crippen LogP contribution in [0.4, 0.5) is 4.39 Å². The van der Waals surface area contributed by atoms with Crippen molar-refractivity contribution in [3.05, 3.63) is 58.3 Å². The summed E-state index contributed by atoms with van der Waals surface area (Å²) in [4.78, 5) is 0.0197. The van der Waals surface area contributed by atoms with E-state index in [1.54, 1.807) is 12.1 Å². The van der Waals surface area contributed by atoms with Gasteiger partial charge < -0.3 is 4.74 Å². The summed E-state index contributed by atoms with van der Waals surface area (Å²) < 4.78 is 44.9. The van der Waals surface area contributed by atoms with Crippen LogP contribution >= 0.6 is 15.9 Å². The highest BCUT2D eigenvalue weighted by Gasteiger charge is 2.24. The van der Waals surface area contributed by atoms with Gasteiger partial charge >= 0.3 is 0 Å². The van der Waals surface area contributed by atoms with E-state index in [1.807, 2.05) is 12.1 Å². The van der Waals surface area contributed by atoms with Crippen LogP contribution < -0.4 is 4.74 Å². The molecule has 22 heavy (non-hydrogen) atoms. The van der Waals surface area contributed by atoms with E-state index in [0.29, 0.717) is 5.75 Å². The summed E-state index contributed by atoms with van der Waals surface area (Å²) in [6, 6.07) is 10.7. The van der Waals surface area contributed by atoms with Gasteiger partial charge in [-0.15, -0.1) is 0 Å². The zero-order chi connectivity index (χ0) is 16.3. The molecule has 0 atom stereocenters.